The summed E-state index contributed by atoms with van der Waals surface area (Å²) in [6.45, 7) is 0.694. The SMILES string of the molecule is O=C(CNCc1ccccc1Cl)Nc1ccc(Cl)c(Cl)c1. The Labute approximate surface area is 138 Å². The maximum absolute atomic E-state index is 11.8. The molecule has 2 aromatic rings. The Balaban J connectivity index is 1.82. The van der Waals surface area contributed by atoms with E-state index in [1.807, 2.05) is 24.3 Å². The molecule has 1 amide bonds. The first-order valence-corrected chi connectivity index (χ1v) is 7.38. The maximum Gasteiger partial charge on any atom is 0.238 e. The van der Waals surface area contributed by atoms with Gasteiger partial charge in [-0.3, -0.25) is 4.79 Å². The molecular weight excluding hydrogens is 331 g/mol. The van der Waals surface area contributed by atoms with Crippen LogP contribution in [-0.2, 0) is 11.3 Å². The van der Waals surface area contributed by atoms with Crippen molar-refractivity contribution in [2.45, 2.75) is 6.54 Å². The molecule has 3 nitrogen and oxygen atoms in total. The summed E-state index contributed by atoms with van der Waals surface area (Å²) in [6, 6.07) is 12.4. The summed E-state index contributed by atoms with van der Waals surface area (Å²) in [5.74, 6) is -0.166. The molecule has 2 aromatic carbocycles. The summed E-state index contributed by atoms with van der Waals surface area (Å²) >= 11 is 17.7. The molecule has 0 unspecified atom stereocenters. The lowest BCUT2D eigenvalue weighted by Gasteiger charge is -2.08. The highest BCUT2D eigenvalue weighted by Crippen LogP contribution is 2.24. The molecule has 21 heavy (non-hydrogen) atoms. The lowest BCUT2D eigenvalue weighted by molar-refractivity contribution is -0.115. The van der Waals surface area contributed by atoms with E-state index in [0.717, 1.165) is 5.56 Å². The van der Waals surface area contributed by atoms with Gasteiger partial charge in [0.05, 0.1) is 16.6 Å². The summed E-state index contributed by atoms with van der Waals surface area (Å²) in [7, 11) is 0. The van der Waals surface area contributed by atoms with Gasteiger partial charge in [0.25, 0.3) is 0 Å². The Morgan fingerprint density at radius 3 is 2.43 bits per heavy atom. The van der Waals surface area contributed by atoms with E-state index in [1.165, 1.54) is 0 Å². The van der Waals surface area contributed by atoms with E-state index in [2.05, 4.69) is 10.6 Å². The second-order valence-electron chi connectivity index (χ2n) is 4.37. The van der Waals surface area contributed by atoms with Gasteiger partial charge in [-0.1, -0.05) is 53.0 Å². The van der Waals surface area contributed by atoms with Gasteiger partial charge in [0.2, 0.25) is 5.91 Å². The van der Waals surface area contributed by atoms with Crippen molar-refractivity contribution in [1.82, 2.24) is 5.32 Å². The summed E-state index contributed by atoms with van der Waals surface area (Å²) in [4.78, 5) is 11.8. The quantitative estimate of drug-likeness (QED) is 0.846. The third kappa shape index (κ3) is 4.90. The van der Waals surface area contributed by atoms with Gasteiger partial charge >= 0.3 is 0 Å². The molecule has 0 radical (unpaired) electrons. The van der Waals surface area contributed by atoms with Crippen molar-refractivity contribution >= 4 is 46.4 Å². The molecule has 0 aliphatic heterocycles. The summed E-state index contributed by atoms with van der Waals surface area (Å²) < 4.78 is 0. The van der Waals surface area contributed by atoms with Crippen molar-refractivity contribution in [2.24, 2.45) is 0 Å². The lowest BCUT2D eigenvalue weighted by Crippen LogP contribution is -2.27. The second kappa shape index (κ2) is 7.66. The Morgan fingerprint density at radius 1 is 0.952 bits per heavy atom. The molecule has 0 aliphatic rings. The zero-order chi connectivity index (χ0) is 15.2. The van der Waals surface area contributed by atoms with Crippen molar-refractivity contribution in [3.8, 4) is 0 Å². The van der Waals surface area contributed by atoms with Crippen LogP contribution in [0.1, 0.15) is 5.56 Å². The molecule has 0 atom stereocenters. The topological polar surface area (TPSA) is 41.1 Å². The molecule has 0 bridgehead atoms. The van der Waals surface area contributed by atoms with E-state index >= 15 is 0 Å². The number of rotatable bonds is 5. The van der Waals surface area contributed by atoms with Crippen LogP contribution < -0.4 is 10.6 Å². The average molecular weight is 344 g/mol. The van der Waals surface area contributed by atoms with E-state index in [1.54, 1.807) is 18.2 Å². The number of amides is 1. The molecular formula is C15H13Cl3N2O. The van der Waals surface area contributed by atoms with E-state index in [9.17, 15) is 4.79 Å². The van der Waals surface area contributed by atoms with Crippen LogP contribution in [-0.4, -0.2) is 12.5 Å². The lowest BCUT2D eigenvalue weighted by atomic mass is 10.2. The number of hydrogen-bond donors (Lipinski definition) is 2. The van der Waals surface area contributed by atoms with Crippen LogP contribution in [0.3, 0.4) is 0 Å². The van der Waals surface area contributed by atoms with E-state index in [4.69, 9.17) is 34.8 Å². The second-order valence-corrected chi connectivity index (χ2v) is 5.59. The van der Waals surface area contributed by atoms with Gasteiger partial charge in [-0.25, -0.2) is 0 Å². The number of carbonyl (C=O) groups excluding carboxylic acids is 1. The smallest absolute Gasteiger partial charge is 0.238 e. The molecule has 0 saturated carbocycles. The van der Waals surface area contributed by atoms with Crippen molar-refractivity contribution in [2.75, 3.05) is 11.9 Å². The highest BCUT2D eigenvalue weighted by atomic mass is 35.5. The molecule has 0 aliphatic carbocycles. The van der Waals surface area contributed by atoms with E-state index < -0.39 is 0 Å². The van der Waals surface area contributed by atoms with Gasteiger partial charge in [-0.15, -0.1) is 0 Å². The Morgan fingerprint density at radius 2 is 1.71 bits per heavy atom. The molecule has 0 fully saturated rings. The van der Waals surface area contributed by atoms with Crippen LogP contribution in [0.5, 0.6) is 0 Å². The van der Waals surface area contributed by atoms with Crippen molar-refractivity contribution in [1.29, 1.82) is 0 Å². The minimum Gasteiger partial charge on any atom is -0.325 e. The standard InChI is InChI=1S/C15H13Cl3N2O/c16-12-4-2-1-3-10(12)8-19-9-15(21)20-11-5-6-13(17)14(18)7-11/h1-7,19H,8-9H2,(H,20,21). The van der Waals surface area contributed by atoms with Crippen molar-refractivity contribution in [3.63, 3.8) is 0 Å². The summed E-state index contributed by atoms with van der Waals surface area (Å²) in [6.07, 6.45) is 0. The van der Waals surface area contributed by atoms with Crippen LogP contribution >= 0.6 is 34.8 Å². The fourth-order valence-electron chi connectivity index (χ4n) is 1.73. The number of hydrogen-bond acceptors (Lipinski definition) is 2. The first kappa shape index (κ1) is 16.1. The molecule has 0 saturated heterocycles. The van der Waals surface area contributed by atoms with Crippen LogP contribution in [0.4, 0.5) is 5.69 Å². The Bertz CT molecular complexity index is 647. The molecule has 0 aromatic heterocycles. The van der Waals surface area contributed by atoms with Gasteiger partial charge in [0.15, 0.2) is 0 Å². The minimum absolute atomic E-state index is 0.166. The van der Waals surface area contributed by atoms with Gasteiger partial charge in [-0.2, -0.15) is 0 Å². The number of benzene rings is 2. The van der Waals surface area contributed by atoms with Gasteiger partial charge in [0.1, 0.15) is 0 Å². The highest BCUT2D eigenvalue weighted by Gasteiger charge is 2.05. The number of anilines is 1. The molecule has 110 valence electrons. The predicted molar refractivity (Wildman–Crippen MR) is 88.3 cm³/mol. The average Bonchev–Trinajstić information content (AvgIpc) is 2.45. The van der Waals surface area contributed by atoms with Crippen LogP contribution in [0, 0.1) is 0 Å². The number of nitrogens with one attached hydrogen (secondary N) is 2. The zero-order valence-corrected chi connectivity index (χ0v) is 13.3. The van der Waals surface area contributed by atoms with Gasteiger partial charge in [0, 0.05) is 17.3 Å². The van der Waals surface area contributed by atoms with Crippen LogP contribution in [0.25, 0.3) is 0 Å². The monoisotopic (exact) mass is 342 g/mol. The van der Waals surface area contributed by atoms with Crippen molar-refractivity contribution < 1.29 is 4.79 Å². The first-order valence-electron chi connectivity index (χ1n) is 6.25. The molecule has 2 rings (SSSR count). The zero-order valence-electron chi connectivity index (χ0n) is 11.0. The van der Waals surface area contributed by atoms with E-state index in [0.29, 0.717) is 27.3 Å². The molecule has 0 spiro atoms. The number of halogens is 3. The molecule has 0 heterocycles. The summed E-state index contributed by atoms with van der Waals surface area (Å²) in [5.41, 5.74) is 1.55. The van der Waals surface area contributed by atoms with Crippen molar-refractivity contribution in [3.05, 3.63) is 63.1 Å². The Kier molecular flexibility index (Phi) is 5.88. The largest absolute Gasteiger partial charge is 0.325 e. The predicted octanol–water partition coefficient (Wildman–Crippen LogP) is 4.38. The third-order valence-corrected chi connectivity index (χ3v) is 3.87. The molecule has 2 N–H and O–H groups in total. The highest BCUT2D eigenvalue weighted by molar-refractivity contribution is 6.42. The Hall–Kier alpha value is -1.26. The normalized spacial score (nSPS) is 10.4. The van der Waals surface area contributed by atoms with E-state index in [-0.39, 0.29) is 12.5 Å². The van der Waals surface area contributed by atoms with Gasteiger partial charge < -0.3 is 10.6 Å². The molecule has 6 heteroatoms. The van der Waals surface area contributed by atoms with Gasteiger partial charge in [-0.05, 0) is 29.8 Å². The third-order valence-electron chi connectivity index (χ3n) is 2.76. The van der Waals surface area contributed by atoms with Crippen LogP contribution in [0.2, 0.25) is 15.1 Å². The van der Waals surface area contributed by atoms with Crippen LogP contribution in [0.15, 0.2) is 42.5 Å². The fraction of sp³-hybridized carbons (Fsp3) is 0.133. The minimum atomic E-state index is -0.166. The fourth-order valence-corrected chi connectivity index (χ4v) is 2.23. The first-order chi connectivity index (χ1) is 10.1. The summed E-state index contributed by atoms with van der Waals surface area (Å²) in [5, 5.41) is 7.29. The maximum atomic E-state index is 11.8. The number of carbonyl (C=O) groups is 1.